The molecule has 1 aliphatic carbocycles. The first-order valence-electron chi connectivity index (χ1n) is 7.72. The number of aromatic nitrogens is 2. The summed E-state index contributed by atoms with van der Waals surface area (Å²) in [7, 11) is 0. The van der Waals surface area contributed by atoms with Crippen LogP contribution in [0.2, 0.25) is 0 Å². The number of hydrogen-bond donors (Lipinski definition) is 1. The van der Waals surface area contributed by atoms with Gasteiger partial charge in [-0.3, -0.25) is 4.90 Å². The zero-order valence-corrected chi connectivity index (χ0v) is 13.2. The van der Waals surface area contributed by atoms with Crippen molar-refractivity contribution in [3.63, 3.8) is 0 Å². The van der Waals surface area contributed by atoms with Gasteiger partial charge in [0.05, 0.1) is 19.2 Å². The van der Waals surface area contributed by atoms with Gasteiger partial charge in [0.25, 0.3) is 0 Å². The summed E-state index contributed by atoms with van der Waals surface area (Å²) in [5, 5.41) is 4.02. The largest absolute Gasteiger partial charge is 0.377 e. The van der Waals surface area contributed by atoms with E-state index in [2.05, 4.69) is 15.0 Å². The Hall–Kier alpha value is -0.690. The molecule has 120 valence electrons. The number of hydrogen-bond acceptors (Lipinski definition) is 6. The lowest BCUT2D eigenvalue weighted by Gasteiger charge is -2.29. The van der Waals surface area contributed by atoms with Gasteiger partial charge in [-0.15, -0.1) is 12.4 Å². The molecule has 1 aliphatic heterocycles. The van der Waals surface area contributed by atoms with Crippen molar-refractivity contribution in [3.05, 3.63) is 11.7 Å². The molecular formula is C14H25ClN4O2. The lowest BCUT2D eigenvalue weighted by atomic mass is 10.1. The van der Waals surface area contributed by atoms with Gasteiger partial charge in [-0.25, -0.2) is 0 Å². The summed E-state index contributed by atoms with van der Waals surface area (Å²) in [4.78, 5) is 6.81. The van der Waals surface area contributed by atoms with Crippen LogP contribution in [-0.2, 0) is 17.8 Å². The molecule has 2 heterocycles. The number of nitrogens with zero attached hydrogens (tertiary/aromatic N) is 3. The van der Waals surface area contributed by atoms with Crippen molar-refractivity contribution in [3.8, 4) is 0 Å². The van der Waals surface area contributed by atoms with E-state index in [0.717, 1.165) is 25.5 Å². The first kappa shape index (κ1) is 16.7. The third-order valence-electron chi connectivity index (χ3n) is 4.33. The maximum absolute atomic E-state index is 5.78. The van der Waals surface area contributed by atoms with Crippen molar-refractivity contribution in [1.29, 1.82) is 0 Å². The minimum atomic E-state index is 0. The molecule has 0 aromatic carbocycles. The molecule has 1 unspecified atom stereocenters. The smallest absolute Gasteiger partial charge is 0.240 e. The summed E-state index contributed by atoms with van der Waals surface area (Å²) >= 11 is 0. The normalized spacial score (nSPS) is 22.9. The van der Waals surface area contributed by atoms with Crippen LogP contribution in [0.25, 0.3) is 0 Å². The molecule has 1 saturated carbocycles. The quantitative estimate of drug-likeness (QED) is 0.863. The third kappa shape index (κ3) is 4.39. The van der Waals surface area contributed by atoms with Crippen LogP contribution in [0.15, 0.2) is 4.52 Å². The highest BCUT2D eigenvalue weighted by Crippen LogP contribution is 2.26. The van der Waals surface area contributed by atoms with Crippen molar-refractivity contribution in [2.75, 3.05) is 13.2 Å². The van der Waals surface area contributed by atoms with Crippen LogP contribution in [0.5, 0.6) is 0 Å². The molecule has 1 aromatic rings. The van der Waals surface area contributed by atoms with Gasteiger partial charge < -0.3 is 15.0 Å². The highest BCUT2D eigenvalue weighted by Gasteiger charge is 2.28. The van der Waals surface area contributed by atoms with Crippen molar-refractivity contribution < 1.29 is 9.26 Å². The van der Waals surface area contributed by atoms with Crippen LogP contribution in [0.1, 0.15) is 50.2 Å². The van der Waals surface area contributed by atoms with Gasteiger partial charge in [-0.05, 0) is 25.7 Å². The minimum Gasteiger partial charge on any atom is -0.377 e. The Bertz CT molecular complexity index is 417. The number of nitrogens with two attached hydrogens (primary N) is 1. The van der Waals surface area contributed by atoms with Gasteiger partial charge in [0.1, 0.15) is 0 Å². The van der Waals surface area contributed by atoms with E-state index < -0.39 is 0 Å². The first-order valence-corrected chi connectivity index (χ1v) is 7.72. The molecule has 0 amide bonds. The van der Waals surface area contributed by atoms with Gasteiger partial charge in [0.2, 0.25) is 5.89 Å². The highest BCUT2D eigenvalue weighted by atomic mass is 35.5. The van der Waals surface area contributed by atoms with Crippen LogP contribution >= 0.6 is 12.4 Å². The molecule has 0 bridgehead atoms. The molecule has 6 nitrogen and oxygen atoms in total. The second-order valence-electron chi connectivity index (χ2n) is 5.81. The summed E-state index contributed by atoms with van der Waals surface area (Å²) in [6.45, 7) is 2.94. The predicted octanol–water partition coefficient (Wildman–Crippen LogP) is 1.87. The topological polar surface area (TPSA) is 77.4 Å². The Morgan fingerprint density at radius 3 is 2.62 bits per heavy atom. The minimum absolute atomic E-state index is 0. The SMILES string of the molecule is Cl.NCc1nc(CN(CC2CCCO2)C2CCCC2)no1. The van der Waals surface area contributed by atoms with Gasteiger partial charge in [-0.1, -0.05) is 18.0 Å². The van der Waals surface area contributed by atoms with Gasteiger partial charge in [-0.2, -0.15) is 4.98 Å². The average Bonchev–Trinajstić information content (AvgIpc) is 3.21. The van der Waals surface area contributed by atoms with Crippen molar-refractivity contribution in [2.24, 2.45) is 5.73 Å². The number of halogens is 1. The molecule has 1 aromatic heterocycles. The van der Waals surface area contributed by atoms with E-state index >= 15 is 0 Å². The maximum atomic E-state index is 5.78. The first-order chi connectivity index (χ1) is 9.85. The van der Waals surface area contributed by atoms with Crippen LogP contribution in [0.4, 0.5) is 0 Å². The second-order valence-corrected chi connectivity index (χ2v) is 5.81. The molecule has 0 radical (unpaired) electrons. The van der Waals surface area contributed by atoms with E-state index in [-0.39, 0.29) is 12.4 Å². The standard InChI is InChI=1S/C14H24N4O2.ClH/c15-8-14-16-13(17-20-14)10-18(11-4-1-2-5-11)9-12-6-3-7-19-12;/h11-12H,1-10,15H2;1H. The summed E-state index contributed by atoms with van der Waals surface area (Å²) in [5.74, 6) is 1.26. The molecular weight excluding hydrogens is 292 g/mol. The van der Waals surface area contributed by atoms with Gasteiger partial charge in [0, 0.05) is 19.2 Å². The molecule has 21 heavy (non-hydrogen) atoms. The lowest BCUT2D eigenvalue weighted by molar-refractivity contribution is 0.0527. The van der Waals surface area contributed by atoms with E-state index in [1.807, 2.05) is 0 Å². The Morgan fingerprint density at radius 2 is 2.00 bits per heavy atom. The summed E-state index contributed by atoms with van der Waals surface area (Å²) < 4.78 is 10.9. The Morgan fingerprint density at radius 1 is 1.19 bits per heavy atom. The number of rotatable bonds is 6. The van der Waals surface area contributed by atoms with Crippen LogP contribution < -0.4 is 5.73 Å². The van der Waals surface area contributed by atoms with Gasteiger partial charge >= 0.3 is 0 Å². The van der Waals surface area contributed by atoms with E-state index in [4.69, 9.17) is 15.0 Å². The number of ether oxygens (including phenoxy) is 1. The van der Waals surface area contributed by atoms with Crippen LogP contribution in [-0.4, -0.2) is 40.3 Å². The fraction of sp³-hybridized carbons (Fsp3) is 0.857. The van der Waals surface area contributed by atoms with E-state index in [1.54, 1.807) is 0 Å². The molecule has 2 N–H and O–H groups in total. The van der Waals surface area contributed by atoms with Crippen LogP contribution in [0, 0.1) is 0 Å². The van der Waals surface area contributed by atoms with Crippen molar-refractivity contribution in [2.45, 2.75) is 63.8 Å². The second kappa shape index (κ2) is 8.08. The third-order valence-corrected chi connectivity index (χ3v) is 4.33. The Balaban J connectivity index is 0.00000161. The summed E-state index contributed by atoms with van der Waals surface area (Å²) in [6, 6.07) is 0.638. The van der Waals surface area contributed by atoms with Gasteiger partial charge in [0.15, 0.2) is 5.82 Å². The molecule has 0 spiro atoms. The molecule has 1 atom stereocenters. The molecule has 3 rings (SSSR count). The zero-order chi connectivity index (χ0) is 13.8. The Kier molecular flexibility index (Phi) is 6.41. The van der Waals surface area contributed by atoms with E-state index in [0.29, 0.717) is 24.6 Å². The molecule has 7 heteroatoms. The highest BCUT2D eigenvalue weighted by molar-refractivity contribution is 5.85. The van der Waals surface area contributed by atoms with E-state index in [1.165, 1.54) is 38.5 Å². The molecule has 2 aliphatic rings. The summed E-state index contributed by atoms with van der Waals surface area (Å²) in [6.07, 6.45) is 7.92. The molecule has 2 fully saturated rings. The van der Waals surface area contributed by atoms with Crippen LogP contribution in [0.3, 0.4) is 0 Å². The Labute approximate surface area is 131 Å². The summed E-state index contributed by atoms with van der Waals surface area (Å²) in [5.41, 5.74) is 5.52. The predicted molar refractivity (Wildman–Crippen MR) is 81.1 cm³/mol. The van der Waals surface area contributed by atoms with Crippen molar-refractivity contribution >= 4 is 12.4 Å². The maximum Gasteiger partial charge on any atom is 0.240 e. The average molecular weight is 317 g/mol. The fourth-order valence-corrected chi connectivity index (χ4v) is 3.28. The fourth-order valence-electron chi connectivity index (χ4n) is 3.28. The zero-order valence-electron chi connectivity index (χ0n) is 12.4. The van der Waals surface area contributed by atoms with Crippen molar-refractivity contribution in [1.82, 2.24) is 15.0 Å². The molecule has 1 saturated heterocycles. The monoisotopic (exact) mass is 316 g/mol. The lowest BCUT2D eigenvalue weighted by Crippen LogP contribution is -2.38. The van der Waals surface area contributed by atoms with E-state index in [9.17, 15) is 0 Å².